The highest BCUT2D eigenvalue weighted by molar-refractivity contribution is 6.06. The molecule has 0 spiro atoms. The average molecular weight is 310 g/mol. The predicted molar refractivity (Wildman–Crippen MR) is 76.7 cm³/mol. The summed E-state index contributed by atoms with van der Waals surface area (Å²) >= 11 is 0. The van der Waals surface area contributed by atoms with Crippen LogP contribution in [0.15, 0.2) is 36.4 Å². The van der Waals surface area contributed by atoms with Gasteiger partial charge in [-0.15, -0.1) is 0 Å². The number of nitrogen functional groups attached to an aromatic ring is 1. The van der Waals surface area contributed by atoms with Crippen molar-refractivity contribution in [3.8, 4) is 5.75 Å². The molecule has 0 aromatic heterocycles. The number of rotatable bonds is 2. The van der Waals surface area contributed by atoms with Gasteiger partial charge in [0.1, 0.15) is 5.75 Å². The average Bonchev–Trinajstić information content (AvgIpc) is 2.42. The summed E-state index contributed by atoms with van der Waals surface area (Å²) in [5.74, 6) is -0.630. The van der Waals surface area contributed by atoms with Crippen molar-refractivity contribution in [3.63, 3.8) is 0 Å². The van der Waals surface area contributed by atoms with Gasteiger partial charge in [0, 0.05) is 5.56 Å². The second kappa shape index (κ2) is 5.59. The van der Waals surface area contributed by atoms with Crippen LogP contribution in [-0.2, 0) is 6.18 Å². The molecule has 1 amide bonds. The summed E-state index contributed by atoms with van der Waals surface area (Å²) in [5, 5.41) is 12.0. The number of amides is 1. The first-order valence-electron chi connectivity index (χ1n) is 6.26. The number of halogens is 3. The van der Waals surface area contributed by atoms with E-state index in [1.54, 1.807) is 13.0 Å². The minimum atomic E-state index is -4.50. The highest BCUT2D eigenvalue weighted by Gasteiger charge is 2.30. The zero-order valence-corrected chi connectivity index (χ0v) is 11.5. The maximum Gasteiger partial charge on any atom is 0.416 e. The SMILES string of the molecule is Cc1ccc(C(=O)Nc2ccc(C(F)(F)F)cc2N)cc1O. The lowest BCUT2D eigenvalue weighted by Crippen LogP contribution is -2.14. The van der Waals surface area contributed by atoms with E-state index in [0.717, 1.165) is 18.2 Å². The number of hydrogen-bond donors (Lipinski definition) is 3. The summed E-state index contributed by atoms with van der Waals surface area (Å²) in [6, 6.07) is 6.99. The van der Waals surface area contributed by atoms with Gasteiger partial charge in [0.15, 0.2) is 0 Å². The largest absolute Gasteiger partial charge is 0.508 e. The van der Waals surface area contributed by atoms with E-state index in [2.05, 4.69) is 5.32 Å². The zero-order valence-electron chi connectivity index (χ0n) is 11.5. The molecule has 2 aromatic carbocycles. The van der Waals surface area contributed by atoms with Crippen LogP contribution in [0, 0.1) is 6.92 Å². The van der Waals surface area contributed by atoms with E-state index in [0.29, 0.717) is 5.56 Å². The lowest BCUT2D eigenvalue weighted by atomic mass is 10.1. The molecule has 4 N–H and O–H groups in total. The van der Waals surface area contributed by atoms with Gasteiger partial charge in [0.05, 0.1) is 16.9 Å². The summed E-state index contributed by atoms with van der Waals surface area (Å²) in [6.45, 7) is 1.67. The number of benzene rings is 2. The molecule has 0 aliphatic carbocycles. The van der Waals surface area contributed by atoms with Crippen LogP contribution in [0.2, 0.25) is 0 Å². The third kappa shape index (κ3) is 3.30. The van der Waals surface area contributed by atoms with Crippen LogP contribution >= 0.6 is 0 Å². The molecular weight excluding hydrogens is 297 g/mol. The number of nitrogens with two attached hydrogens (primary N) is 1. The van der Waals surface area contributed by atoms with Gasteiger partial charge in [-0.1, -0.05) is 6.07 Å². The Kier molecular flexibility index (Phi) is 3.99. The molecular formula is C15H13F3N2O2. The van der Waals surface area contributed by atoms with Crippen LogP contribution in [0.5, 0.6) is 5.75 Å². The van der Waals surface area contributed by atoms with Crippen molar-refractivity contribution in [2.45, 2.75) is 13.1 Å². The number of phenols is 1. The molecule has 0 saturated heterocycles. The van der Waals surface area contributed by atoms with E-state index in [9.17, 15) is 23.1 Å². The number of aromatic hydroxyl groups is 1. The van der Waals surface area contributed by atoms with Crippen molar-refractivity contribution in [1.29, 1.82) is 0 Å². The molecule has 0 aliphatic heterocycles. The summed E-state index contributed by atoms with van der Waals surface area (Å²) in [7, 11) is 0. The van der Waals surface area contributed by atoms with Crippen molar-refractivity contribution < 1.29 is 23.1 Å². The summed E-state index contributed by atoms with van der Waals surface area (Å²) < 4.78 is 37.6. The molecule has 0 fully saturated rings. The predicted octanol–water partition coefficient (Wildman–Crippen LogP) is 3.55. The maximum absolute atomic E-state index is 12.5. The van der Waals surface area contributed by atoms with Crippen LogP contribution in [-0.4, -0.2) is 11.0 Å². The zero-order chi connectivity index (χ0) is 16.5. The van der Waals surface area contributed by atoms with Crippen molar-refractivity contribution in [2.24, 2.45) is 0 Å². The first-order valence-corrected chi connectivity index (χ1v) is 6.26. The van der Waals surface area contributed by atoms with Crippen molar-refractivity contribution in [3.05, 3.63) is 53.1 Å². The van der Waals surface area contributed by atoms with Crippen LogP contribution in [0.4, 0.5) is 24.5 Å². The topological polar surface area (TPSA) is 75.4 Å². The molecule has 0 radical (unpaired) electrons. The van der Waals surface area contributed by atoms with Gasteiger partial charge in [-0.25, -0.2) is 0 Å². The van der Waals surface area contributed by atoms with Gasteiger partial charge in [-0.3, -0.25) is 4.79 Å². The summed E-state index contributed by atoms with van der Waals surface area (Å²) in [5.41, 5.74) is 5.29. The highest BCUT2D eigenvalue weighted by atomic mass is 19.4. The molecule has 2 aromatic rings. The highest BCUT2D eigenvalue weighted by Crippen LogP contribution is 2.33. The van der Waals surface area contributed by atoms with Crippen LogP contribution in [0.25, 0.3) is 0 Å². The Balaban J connectivity index is 2.23. The molecule has 0 saturated carbocycles. The quantitative estimate of drug-likeness (QED) is 0.742. The summed E-state index contributed by atoms with van der Waals surface area (Å²) in [6.07, 6.45) is -4.50. The number of carbonyl (C=O) groups excluding carboxylic acids is 1. The molecule has 4 nitrogen and oxygen atoms in total. The first kappa shape index (κ1) is 15.7. The van der Waals surface area contributed by atoms with Crippen LogP contribution in [0.3, 0.4) is 0 Å². The minimum Gasteiger partial charge on any atom is -0.508 e. The fourth-order valence-corrected chi connectivity index (χ4v) is 1.80. The van der Waals surface area contributed by atoms with Gasteiger partial charge in [0.25, 0.3) is 5.91 Å². The molecule has 0 aliphatic rings. The number of phenolic OH excluding ortho intramolecular Hbond substituents is 1. The van der Waals surface area contributed by atoms with E-state index in [1.165, 1.54) is 12.1 Å². The Morgan fingerprint density at radius 3 is 2.41 bits per heavy atom. The van der Waals surface area contributed by atoms with E-state index >= 15 is 0 Å². The van der Waals surface area contributed by atoms with E-state index in [1.807, 2.05) is 0 Å². The molecule has 0 bridgehead atoms. The molecule has 116 valence electrons. The second-order valence-corrected chi connectivity index (χ2v) is 4.76. The standard InChI is InChI=1S/C15H13F3N2O2/c1-8-2-3-9(6-13(8)21)14(22)20-12-5-4-10(7-11(12)19)15(16,17)18/h2-7,21H,19H2,1H3,(H,20,22). The Labute approximate surface area is 124 Å². The van der Waals surface area contributed by atoms with Crippen molar-refractivity contribution >= 4 is 17.3 Å². The maximum atomic E-state index is 12.5. The Bertz CT molecular complexity index is 727. The fourth-order valence-electron chi connectivity index (χ4n) is 1.80. The first-order chi connectivity index (χ1) is 10.2. The fraction of sp³-hybridized carbons (Fsp3) is 0.133. The number of alkyl halides is 3. The lowest BCUT2D eigenvalue weighted by Gasteiger charge is -2.12. The van der Waals surface area contributed by atoms with Crippen molar-refractivity contribution in [1.82, 2.24) is 0 Å². The Morgan fingerprint density at radius 2 is 1.86 bits per heavy atom. The molecule has 7 heteroatoms. The molecule has 0 heterocycles. The summed E-state index contributed by atoms with van der Waals surface area (Å²) in [4.78, 5) is 12.0. The third-order valence-electron chi connectivity index (χ3n) is 3.10. The molecule has 0 atom stereocenters. The smallest absolute Gasteiger partial charge is 0.416 e. The molecule has 2 rings (SSSR count). The van der Waals surface area contributed by atoms with E-state index in [-0.39, 0.29) is 22.7 Å². The van der Waals surface area contributed by atoms with Gasteiger partial charge in [-0.05, 0) is 42.8 Å². The van der Waals surface area contributed by atoms with Crippen LogP contribution < -0.4 is 11.1 Å². The number of carbonyl (C=O) groups is 1. The number of nitrogens with one attached hydrogen (secondary N) is 1. The normalized spacial score (nSPS) is 11.3. The lowest BCUT2D eigenvalue weighted by molar-refractivity contribution is -0.137. The Morgan fingerprint density at radius 1 is 1.18 bits per heavy atom. The van der Waals surface area contributed by atoms with Crippen molar-refractivity contribution in [2.75, 3.05) is 11.1 Å². The molecule has 22 heavy (non-hydrogen) atoms. The van der Waals surface area contributed by atoms with E-state index in [4.69, 9.17) is 5.73 Å². The van der Waals surface area contributed by atoms with Gasteiger partial charge < -0.3 is 16.2 Å². The number of anilines is 2. The van der Waals surface area contributed by atoms with E-state index < -0.39 is 17.6 Å². The number of aryl methyl sites for hydroxylation is 1. The van der Waals surface area contributed by atoms with Gasteiger partial charge in [-0.2, -0.15) is 13.2 Å². The van der Waals surface area contributed by atoms with Gasteiger partial charge >= 0.3 is 6.18 Å². The minimum absolute atomic E-state index is 0.0481. The third-order valence-corrected chi connectivity index (χ3v) is 3.10. The van der Waals surface area contributed by atoms with Crippen LogP contribution in [0.1, 0.15) is 21.5 Å². The Hall–Kier alpha value is -2.70. The van der Waals surface area contributed by atoms with Gasteiger partial charge in [0.2, 0.25) is 0 Å². The number of hydrogen-bond acceptors (Lipinski definition) is 3. The molecule has 0 unspecified atom stereocenters. The second-order valence-electron chi connectivity index (χ2n) is 4.76. The monoisotopic (exact) mass is 310 g/mol.